The molecule has 0 atom stereocenters. The summed E-state index contributed by atoms with van der Waals surface area (Å²) < 4.78 is 10.1. The molecule has 0 aromatic heterocycles. The molecule has 0 saturated carbocycles. The Labute approximate surface area is 118 Å². The van der Waals surface area contributed by atoms with Crippen molar-refractivity contribution in [3.05, 3.63) is 23.8 Å². The maximum Gasteiger partial charge on any atom is 0.408 e. The number of aryl methyl sites for hydroxylation is 1. The van der Waals surface area contributed by atoms with Crippen LogP contribution < -0.4 is 15.8 Å². The third-order valence-corrected chi connectivity index (χ3v) is 2.21. The summed E-state index contributed by atoms with van der Waals surface area (Å²) in [5.74, 6) is -0.217. The zero-order chi connectivity index (χ0) is 15.3. The molecule has 0 heterocycles. The number of hydrogen-bond donors (Lipinski definition) is 2. The number of esters is 1. The van der Waals surface area contributed by atoms with Crippen LogP contribution in [0.1, 0.15) is 26.3 Å². The van der Waals surface area contributed by atoms with E-state index in [1.165, 1.54) is 0 Å². The number of amides is 1. The molecular weight excluding hydrogens is 260 g/mol. The van der Waals surface area contributed by atoms with Gasteiger partial charge in [-0.25, -0.2) is 9.59 Å². The van der Waals surface area contributed by atoms with E-state index in [0.29, 0.717) is 11.4 Å². The van der Waals surface area contributed by atoms with E-state index in [1.807, 2.05) is 0 Å². The number of nitrogen functional groups attached to an aromatic ring is 1. The molecule has 110 valence electrons. The number of alkyl carbamates (subject to hydrolysis) is 1. The second-order valence-electron chi connectivity index (χ2n) is 5.35. The van der Waals surface area contributed by atoms with Crippen LogP contribution in [-0.2, 0) is 9.53 Å². The number of nitrogens with two attached hydrogens (primary N) is 1. The quantitative estimate of drug-likeness (QED) is 0.502. The first-order chi connectivity index (χ1) is 9.17. The fraction of sp³-hybridized carbons (Fsp3) is 0.429. The molecule has 1 aromatic carbocycles. The van der Waals surface area contributed by atoms with Gasteiger partial charge < -0.3 is 20.5 Å². The fourth-order valence-electron chi connectivity index (χ4n) is 1.34. The minimum absolute atomic E-state index is 0.275. The molecular formula is C14H20N2O4. The molecule has 0 aliphatic carbocycles. The minimum atomic E-state index is -0.668. The van der Waals surface area contributed by atoms with Crippen molar-refractivity contribution in [2.75, 3.05) is 12.3 Å². The van der Waals surface area contributed by atoms with Crippen molar-refractivity contribution in [3.8, 4) is 5.75 Å². The van der Waals surface area contributed by atoms with Gasteiger partial charge in [-0.15, -0.1) is 0 Å². The van der Waals surface area contributed by atoms with E-state index in [2.05, 4.69) is 5.32 Å². The predicted molar refractivity (Wildman–Crippen MR) is 75.5 cm³/mol. The van der Waals surface area contributed by atoms with E-state index in [1.54, 1.807) is 45.9 Å². The summed E-state index contributed by atoms with van der Waals surface area (Å²) in [4.78, 5) is 23.0. The van der Waals surface area contributed by atoms with Gasteiger partial charge in [0.25, 0.3) is 0 Å². The number of nitrogens with one attached hydrogen (secondary N) is 1. The highest BCUT2D eigenvalue weighted by Gasteiger charge is 2.17. The summed E-state index contributed by atoms with van der Waals surface area (Å²) in [6, 6.07) is 5.02. The Morgan fingerprint density at radius 1 is 1.30 bits per heavy atom. The van der Waals surface area contributed by atoms with Crippen molar-refractivity contribution in [3.63, 3.8) is 0 Å². The SMILES string of the molecule is Cc1ccc(N)cc1OC(=O)CNC(=O)OC(C)(C)C. The Kier molecular flexibility index (Phi) is 4.96. The molecule has 0 aliphatic rings. The van der Waals surface area contributed by atoms with Gasteiger partial charge in [0, 0.05) is 11.8 Å². The lowest BCUT2D eigenvalue weighted by atomic mass is 10.2. The molecule has 0 unspecified atom stereocenters. The van der Waals surface area contributed by atoms with Crippen molar-refractivity contribution in [1.29, 1.82) is 0 Å². The molecule has 0 fully saturated rings. The largest absolute Gasteiger partial charge is 0.444 e. The van der Waals surface area contributed by atoms with Crippen LogP contribution in [0.5, 0.6) is 5.75 Å². The average Bonchev–Trinajstić information content (AvgIpc) is 2.29. The fourth-order valence-corrected chi connectivity index (χ4v) is 1.34. The van der Waals surface area contributed by atoms with Crippen LogP contribution in [0.15, 0.2) is 18.2 Å². The first kappa shape index (κ1) is 15.8. The minimum Gasteiger partial charge on any atom is -0.444 e. The molecule has 0 aliphatic heterocycles. The monoisotopic (exact) mass is 280 g/mol. The van der Waals surface area contributed by atoms with Crippen LogP contribution in [-0.4, -0.2) is 24.2 Å². The molecule has 0 radical (unpaired) electrons. The average molecular weight is 280 g/mol. The number of anilines is 1. The van der Waals surface area contributed by atoms with Gasteiger partial charge in [-0.1, -0.05) is 6.07 Å². The van der Waals surface area contributed by atoms with Crippen LogP contribution >= 0.6 is 0 Å². The summed E-state index contributed by atoms with van der Waals surface area (Å²) in [6.07, 6.45) is -0.668. The second kappa shape index (κ2) is 6.27. The molecule has 0 bridgehead atoms. The normalized spacial score (nSPS) is 10.8. The Morgan fingerprint density at radius 2 is 1.95 bits per heavy atom. The third kappa shape index (κ3) is 5.60. The number of carbonyl (C=O) groups is 2. The Balaban J connectivity index is 2.48. The molecule has 0 spiro atoms. The van der Waals surface area contributed by atoms with E-state index in [9.17, 15) is 9.59 Å². The standard InChI is InChI=1S/C14H20N2O4/c1-9-5-6-10(15)7-11(9)19-12(17)8-16-13(18)20-14(2,3)4/h5-7H,8,15H2,1-4H3,(H,16,18). The molecule has 6 nitrogen and oxygen atoms in total. The highest BCUT2D eigenvalue weighted by molar-refractivity contribution is 5.80. The van der Waals surface area contributed by atoms with E-state index in [4.69, 9.17) is 15.2 Å². The highest BCUT2D eigenvalue weighted by Crippen LogP contribution is 2.20. The molecule has 1 aromatic rings. The van der Waals surface area contributed by atoms with Crippen LogP contribution in [0.2, 0.25) is 0 Å². The zero-order valence-electron chi connectivity index (χ0n) is 12.1. The smallest absolute Gasteiger partial charge is 0.408 e. The van der Waals surface area contributed by atoms with Crippen molar-refractivity contribution in [1.82, 2.24) is 5.32 Å². The van der Waals surface area contributed by atoms with E-state index in [-0.39, 0.29) is 6.54 Å². The second-order valence-corrected chi connectivity index (χ2v) is 5.35. The van der Waals surface area contributed by atoms with Gasteiger partial charge in [0.2, 0.25) is 0 Å². The van der Waals surface area contributed by atoms with Gasteiger partial charge in [-0.05, 0) is 39.3 Å². The van der Waals surface area contributed by atoms with E-state index in [0.717, 1.165) is 5.56 Å². The summed E-state index contributed by atoms with van der Waals surface area (Å²) in [6.45, 7) is 6.73. The topological polar surface area (TPSA) is 90.6 Å². The molecule has 1 rings (SSSR count). The van der Waals surface area contributed by atoms with Crippen molar-refractivity contribution in [2.45, 2.75) is 33.3 Å². The predicted octanol–water partition coefficient (Wildman–Crippen LogP) is 2.01. The van der Waals surface area contributed by atoms with E-state index >= 15 is 0 Å². The number of carbonyl (C=O) groups excluding carboxylic acids is 2. The van der Waals surface area contributed by atoms with Gasteiger partial charge in [0.15, 0.2) is 0 Å². The maximum atomic E-state index is 11.6. The number of benzene rings is 1. The lowest BCUT2D eigenvalue weighted by Crippen LogP contribution is -2.36. The van der Waals surface area contributed by atoms with Crippen LogP contribution in [0.4, 0.5) is 10.5 Å². The number of ether oxygens (including phenoxy) is 2. The Hall–Kier alpha value is -2.24. The summed E-state index contributed by atoms with van der Waals surface area (Å²) in [7, 11) is 0. The van der Waals surface area contributed by atoms with Gasteiger partial charge >= 0.3 is 12.1 Å². The highest BCUT2D eigenvalue weighted by atomic mass is 16.6. The summed E-state index contributed by atoms with van der Waals surface area (Å²) in [5, 5.41) is 2.33. The molecule has 20 heavy (non-hydrogen) atoms. The van der Waals surface area contributed by atoms with Crippen molar-refractivity contribution in [2.24, 2.45) is 0 Å². The van der Waals surface area contributed by atoms with Gasteiger partial charge in [0.1, 0.15) is 17.9 Å². The third-order valence-electron chi connectivity index (χ3n) is 2.21. The Morgan fingerprint density at radius 3 is 2.55 bits per heavy atom. The van der Waals surface area contributed by atoms with Gasteiger partial charge in [0.05, 0.1) is 0 Å². The Bertz CT molecular complexity index is 506. The molecule has 6 heteroatoms. The van der Waals surface area contributed by atoms with Crippen LogP contribution in [0, 0.1) is 6.92 Å². The van der Waals surface area contributed by atoms with Crippen LogP contribution in [0.3, 0.4) is 0 Å². The van der Waals surface area contributed by atoms with E-state index < -0.39 is 17.7 Å². The summed E-state index contributed by atoms with van der Waals surface area (Å²) in [5.41, 5.74) is 6.28. The maximum absolute atomic E-state index is 11.6. The van der Waals surface area contributed by atoms with Crippen molar-refractivity contribution >= 4 is 17.7 Å². The van der Waals surface area contributed by atoms with Crippen LogP contribution in [0.25, 0.3) is 0 Å². The number of rotatable bonds is 3. The van der Waals surface area contributed by atoms with Crippen molar-refractivity contribution < 1.29 is 19.1 Å². The molecule has 1 amide bonds. The first-order valence-corrected chi connectivity index (χ1v) is 6.21. The lowest BCUT2D eigenvalue weighted by Gasteiger charge is -2.19. The van der Waals surface area contributed by atoms with Gasteiger partial charge in [-0.2, -0.15) is 0 Å². The zero-order valence-corrected chi connectivity index (χ0v) is 12.1. The van der Waals surface area contributed by atoms with Gasteiger partial charge in [-0.3, -0.25) is 0 Å². The first-order valence-electron chi connectivity index (χ1n) is 6.21. The molecule has 0 saturated heterocycles. The lowest BCUT2D eigenvalue weighted by molar-refractivity contribution is -0.133. The summed E-state index contributed by atoms with van der Waals surface area (Å²) >= 11 is 0. The number of hydrogen-bond acceptors (Lipinski definition) is 5. The molecule has 3 N–H and O–H groups in total.